The zero-order valence-electron chi connectivity index (χ0n) is 11.1. The van der Waals surface area contributed by atoms with Gasteiger partial charge in [0.05, 0.1) is 6.10 Å². The molecule has 2 rings (SSSR count). The van der Waals surface area contributed by atoms with Gasteiger partial charge in [-0.25, -0.2) is 0 Å². The summed E-state index contributed by atoms with van der Waals surface area (Å²) in [5.74, 6) is 0.665. The summed E-state index contributed by atoms with van der Waals surface area (Å²) in [4.78, 5) is 0. The zero-order valence-corrected chi connectivity index (χ0v) is 11.1. The zero-order chi connectivity index (χ0) is 12.3. The van der Waals surface area contributed by atoms with Crippen LogP contribution < -0.4 is 5.32 Å². The van der Waals surface area contributed by atoms with Gasteiger partial charge in [0, 0.05) is 12.6 Å². The molecule has 1 heterocycles. The fourth-order valence-corrected chi connectivity index (χ4v) is 2.59. The van der Waals surface area contributed by atoms with E-state index in [9.17, 15) is 0 Å². The van der Waals surface area contributed by atoms with Crippen molar-refractivity contribution in [3.05, 3.63) is 35.4 Å². The summed E-state index contributed by atoms with van der Waals surface area (Å²) in [5, 5.41) is 3.41. The fourth-order valence-electron chi connectivity index (χ4n) is 2.59. The van der Waals surface area contributed by atoms with Crippen molar-refractivity contribution in [1.82, 2.24) is 5.32 Å². The second-order valence-electron chi connectivity index (χ2n) is 5.19. The van der Waals surface area contributed by atoms with Crippen LogP contribution in [0.1, 0.15) is 24.5 Å². The number of aryl methyl sites for hydroxylation is 1. The van der Waals surface area contributed by atoms with Crippen LogP contribution in [0.5, 0.6) is 0 Å². The van der Waals surface area contributed by atoms with E-state index in [1.54, 1.807) is 0 Å². The molecular weight excluding hydrogens is 210 g/mol. The number of benzene rings is 1. The number of rotatable bonds is 4. The molecule has 1 N–H and O–H groups in total. The molecule has 2 heteroatoms. The maximum absolute atomic E-state index is 5.85. The Morgan fingerprint density at radius 1 is 1.35 bits per heavy atom. The molecule has 1 aromatic rings. The Morgan fingerprint density at radius 2 is 2.06 bits per heavy atom. The quantitative estimate of drug-likeness (QED) is 0.863. The highest BCUT2D eigenvalue weighted by atomic mass is 16.5. The molecular formula is C15H23NO. The van der Waals surface area contributed by atoms with Crippen molar-refractivity contribution >= 4 is 0 Å². The molecule has 0 bridgehead atoms. The summed E-state index contributed by atoms with van der Waals surface area (Å²) in [6.45, 7) is 5.33. The van der Waals surface area contributed by atoms with Crippen LogP contribution >= 0.6 is 0 Å². The van der Waals surface area contributed by atoms with Crippen LogP contribution in [-0.2, 0) is 11.2 Å². The Labute approximate surface area is 104 Å². The van der Waals surface area contributed by atoms with Crippen molar-refractivity contribution in [1.29, 1.82) is 0 Å². The molecule has 0 saturated carbocycles. The second kappa shape index (κ2) is 5.65. The topological polar surface area (TPSA) is 21.3 Å². The standard InChI is InChI=1S/C15H23NO/c1-11-4-6-13(7-5-11)10-14(16-3)15-12(2)8-9-17-15/h4-7,12,14-16H,8-10H2,1-3H3. The summed E-state index contributed by atoms with van der Waals surface area (Å²) in [6.07, 6.45) is 2.60. The van der Waals surface area contributed by atoms with Crippen LogP contribution in [0, 0.1) is 12.8 Å². The lowest BCUT2D eigenvalue weighted by Gasteiger charge is -2.25. The third-order valence-corrected chi connectivity index (χ3v) is 3.79. The normalized spacial score (nSPS) is 26.1. The van der Waals surface area contributed by atoms with E-state index < -0.39 is 0 Å². The van der Waals surface area contributed by atoms with Gasteiger partial charge in [0.2, 0.25) is 0 Å². The second-order valence-corrected chi connectivity index (χ2v) is 5.19. The largest absolute Gasteiger partial charge is 0.376 e. The average molecular weight is 233 g/mol. The van der Waals surface area contributed by atoms with Gasteiger partial charge in [0.1, 0.15) is 0 Å². The van der Waals surface area contributed by atoms with Gasteiger partial charge < -0.3 is 10.1 Å². The van der Waals surface area contributed by atoms with Crippen molar-refractivity contribution in [3.63, 3.8) is 0 Å². The summed E-state index contributed by atoms with van der Waals surface area (Å²) in [7, 11) is 2.03. The average Bonchev–Trinajstić information content (AvgIpc) is 2.75. The van der Waals surface area contributed by atoms with Gasteiger partial charge in [-0.1, -0.05) is 36.8 Å². The molecule has 2 nitrogen and oxygen atoms in total. The molecule has 17 heavy (non-hydrogen) atoms. The molecule has 1 saturated heterocycles. The first-order valence-electron chi connectivity index (χ1n) is 6.55. The molecule has 1 fully saturated rings. The molecule has 0 radical (unpaired) electrons. The molecule has 1 aromatic carbocycles. The third kappa shape index (κ3) is 3.08. The highest BCUT2D eigenvalue weighted by Crippen LogP contribution is 2.24. The number of hydrogen-bond acceptors (Lipinski definition) is 2. The SMILES string of the molecule is CNC(Cc1ccc(C)cc1)C1OCCC1C. The van der Waals surface area contributed by atoms with Gasteiger partial charge in [0.25, 0.3) is 0 Å². The van der Waals surface area contributed by atoms with E-state index in [1.165, 1.54) is 17.5 Å². The predicted molar refractivity (Wildman–Crippen MR) is 71.3 cm³/mol. The molecule has 3 atom stereocenters. The smallest absolute Gasteiger partial charge is 0.0757 e. The molecule has 1 aliphatic rings. The monoisotopic (exact) mass is 233 g/mol. The molecule has 1 aliphatic heterocycles. The maximum atomic E-state index is 5.85. The molecule has 94 valence electrons. The summed E-state index contributed by atoms with van der Waals surface area (Å²) in [5.41, 5.74) is 2.71. The first kappa shape index (κ1) is 12.6. The van der Waals surface area contributed by atoms with Gasteiger partial charge in [-0.3, -0.25) is 0 Å². The lowest BCUT2D eigenvalue weighted by molar-refractivity contribution is 0.0634. The van der Waals surface area contributed by atoms with Crippen molar-refractivity contribution in [2.24, 2.45) is 5.92 Å². The molecule has 0 aliphatic carbocycles. The first-order valence-corrected chi connectivity index (χ1v) is 6.55. The Hall–Kier alpha value is -0.860. The van der Waals surface area contributed by atoms with Crippen LogP contribution in [-0.4, -0.2) is 25.8 Å². The Balaban J connectivity index is 2.01. The fraction of sp³-hybridized carbons (Fsp3) is 0.600. The molecule has 0 spiro atoms. The van der Waals surface area contributed by atoms with Crippen molar-refractivity contribution in [3.8, 4) is 0 Å². The van der Waals surface area contributed by atoms with E-state index >= 15 is 0 Å². The maximum Gasteiger partial charge on any atom is 0.0757 e. The lowest BCUT2D eigenvalue weighted by atomic mass is 9.93. The Morgan fingerprint density at radius 3 is 2.59 bits per heavy atom. The van der Waals surface area contributed by atoms with E-state index in [-0.39, 0.29) is 0 Å². The number of nitrogens with one attached hydrogen (secondary N) is 1. The lowest BCUT2D eigenvalue weighted by Crippen LogP contribution is -2.41. The van der Waals surface area contributed by atoms with E-state index in [4.69, 9.17) is 4.74 Å². The van der Waals surface area contributed by atoms with Crippen LogP contribution in [0.25, 0.3) is 0 Å². The minimum absolute atomic E-state index is 0.362. The van der Waals surface area contributed by atoms with Crippen LogP contribution in [0.3, 0.4) is 0 Å². The molecule has 3 unspecified atom stereocenters. The van der Waals surface area contributed by atoms with Gasteiger partial charge in [-0.2, -0.15) is 0 Å². The Kier molecular flexibility index (Phi) is 4.19. The van der Waals surface area contributed by atoms with Crippen molar-refractivity contribution < 1.29 is 4.74 Å². The minimum atomic E-state index is 0.362. The summed E-state index contributed by atoms with van der Waals surface area (Å²) >= 11 is 0. The predicted octanol–water partition coefficient (Wildman–Crippen LogP) is 2.55. The molecule has 0 aromatic heterocycles. The van der Waals surface area contributed by atoms with E-state index in [2.05, 4.69) is 43.4 Å². The number of hydrogen-bond donors (Lipinski definition) is 1. The number of likely N-dealkylation sites (N-methyl/N-ethyl adjacent to an activating group) is 1. The number of ether oxygens (including phenoxy) is 1. The minimum Gasteiger partial charge on any atom is -0.376 e. The third-order valence-electron chi connectivity index (χ3n) is 3.79. The van der Waals surface area contributed by atoms with E-state index in [0.717, 1.165) is 13.0 Å². The van der Waals surface area contributed by atoms with Crippen LogP contribution in [0.15, 0.2) is 24.3 Å². The van der Waals surface area contributed by atoms with Crippen molar-refractivity contribution in [2.45, 2.75) is 38.8 Å². The highest BCUT2D eigenvalue weighted by molar-refractivity contribution is 5.22. The van der Waals surface area contributed by atoms with Gasteiger partial charge in [0.15, 0.2) is 0 Å². The van der Waals surface area contributed by atoms with Crippen LogP contribution in [0.4, 0.5) is 0 Å². The summed E-state index contributed by atoms with van der Waals surface area (Å²) < 4.78 is 5.85. The van der Waals surface area contributed by atoms with Crippen molar-refractivity contribution in [2.75, 3.05) is 13.7 Å². The van der Waals surface area contributed by atoms with Gasteiger partial charge in [-0.05, 0) is 38.3 Å². The highest BCUT2D eigenvalue weighted by Gasteiger charge is 2.31. The van der Waals surface area contributed by atoms with Gasteiger partial charge in [-0.15, -0.1) is 0 Å². The van der Waals surface area contributed by atoms with E-state index in [0.29, 0.717) is 18.1 Å². The van der Waals surface area contributed by atoms with Gasteiger partial charge >= 0.3 is 0 Å². The first-order chi connectivity index (χ1) is 8.20. The van der Waals surface area contributed by atoms with Crippen LogP contribution in [0.2, 0.25) is 0 Å². The van der Waals surface area contributed by atoms with E-state index in [1.807, 2.05) is 7.05 Å². The summed E-state index contributed by atoms with van der Waals surface area (Å²) in [6, 6.07) is 9.23. The Bertz CT molecular complexity index is 346. The molecule has 0 amide bonds.